The van der Waals surface area contributed by atoms with Crippen molar-refractivity contribution >= 4 is 28.3 Å². The van der Waals surface area contributed by atoms with Crippen LogP contribution in [0, 0.1) is 20.8 Å². The predicted octanol–water partition coefficient (Wildman–Crippen LogP) is 3.92. The van der Waals surface area contributed by atoms with E-state index in [-0.39, 0.29) is 0 Å². The molecule has 0 unspecified atom stereocenters. The standard InChI is InChI=1S/C15H17N3S/c1-5-19-15-17-16-14-10(3)8-12-7-6-9(2)11(4)13(12)18(14)15/h6-8H,5H2,1-4H3. The second kappa shape index (κ2) is 4.53. The molecular formula is C15H17N3S. The topological polar surface area (TPSA) is 30.2 Å². The van der Waals surface area contributed by atoms with Gasteiger partial charge in [0.1, 0.15) is 0 Å². The van der Waals surface area contributed by atoms with Gasteiger partial charge in [0.15, 0.2) is 10.8 Å². The van der Waals surface area contributed by atoms with Gasteiger partial charge in [-0.25, -0.2) is 0 Å². The fourth-order valence-electron chi connectivity index (χ4n) is 2.48. The zero-order chi connectivity index (χ0) is 13.6. The van der Waals surface area contributed by atoms with Crippen molar-refractivity contribution in [3.05, 3.63) is 34.9 Å². The molecule has 0 spiro atoms. The molecule has 2 heterocycles. The number of pyridine rings is 1. The van der Waals surface area contributed by atoms with Gasteiger partial charge in [0.2, 0.25) is 0 Å². The molecule has 0 bridgehead atoms. The lowest BCUT2D eigenvalue weighted by atomic mass is 10.0. The molecular weight excluding hydrogens is 254 g/mol. The van der Waals surface area contributed by atoms with Crippen molar-refractivity contribution < 1.29 is 0 Å². The molecule has 3 aromatic rings. The second-order valence-electron chi connectivity index (χ2n) is 4.85. The molecule has 0 radical (unpaired) electrons. The summed E-state index contributed by atoms with van der Waals surface area (Å²) in [5.74, 6) is 1.00. The Kier molecular flexibility index (Phi) is 2.97. The van der Waals surface area contributed by atoms with Crippen molar-refractivity contribution in [3.63, 3.8) is 0 Å². The van der Waals surface area contributed by atoms with Crippen molar-refractivity contribution in [2.75, 3.05) is 5.75 Å². The minimum Gasteiger partial charge on any atom is -0.269 e. The van der Waals surface area contributed by atoms with Crippen molar-refractivity contribution in [1.82, 2.24) is 14.6 Å². The van der Waals surface area contributed by atoms with Gasteiger partial charge in [-0.15, -0.1) is 10.2 Å². The normalized spacial score (nSPS) is 11.6. The lowest BCUT2D eigenvalue weighted by Gasteiger charge is -2.11. The van der Waals surface area contributed by atoms with Gasteiger partial charge < -0.3 is 0 Å². The predicted molar refractivity (Wildman–Crippen MR) is 81.1 cm³/mol. The summed E-state index contributed by atoms with van der Waals surface area (Å²) in [7, 11) is 0. The Morgan fingerprint density at radius 3 is 2.63 bits per heavy atom. The van der Waals surface area contributed by atoms with Crippen LogP contribution in [-0.2, 0) is 0 Å². The van der Waals surface area contributed by atoms with Crippen LogP contribution in [0.4, 0.5) is 0 Å². The molecule has 98 valence electrons. The Bertz CT molecular complexity index is 774. The molecule has 4 heteroatoms. The lowest BCUT2D eigenvalue weighted by Crippen LogP contribution is -1.97. The third-order valence-electron chi connectivity index (χ3n) is 3.59. The third-order valence-corrected chi connectivity index (χ3v) is 4.40. The first kappa shape index (κ1) is 12.5. The molecule has 3 nitrogen and oxygen atoms in total. The molecule has 0 amide bonds. The average Bonchev–Trinajstić information content (AvgIpc) is 2.79. The van der Waals surface area contributed by atoms with Gasteiger partial charge in [-0.3, -0.25) is 4.40 Å². The van der Waals surface area contributed by atoms with E-state index in [1.165, 1.54) is 27.6 Å². The monoisotopic (exact) mass is 271 g/mol. The van der Waals surface area contributed by atoms with E-state index in [1.54, 1.807) is 11.8 Å². The highest BCUT2D eigenvalue weighted by Gasteiger charge is 2.13. The van der Waals surface area contributed by atoms with E-state index < -0.39 is 0 Å². The molecule has 2 aromatic heterocycles. The van der Waals surface area contributed by atoms with Gasteiger partial charge >= 0.3 is 0 Å². The van der Waals surface area contributed by atoms with Crippen molar-refractivity contribution in [2.24, 2.45) is 0 Å². The summed E-state index contributed by atoms with van der Waals surface area (Å²) >= 11 is 1.74. The van der Waals surface area contributed by atoms with Crippen LogP contribution in [0.25, 0.3) is 16.6 Å². The second-order valence-corrected chi connectivity index (χ2v) is 6.08. The highest BCUT2D eigenvalue weighted by molar-refractivity contribution is 7.99. The van der Waals surface area contributed by atoms with Crippen LogP contribution < -0.4 is 0 Å². The first-order chi connectivity index (χ1) is 9.13. The minimum absolute atomic E-state index is 0.970. The van der Waals surface area contributed by atoms with Crippen LogP contribution in [0.2, 0.25) is 0 Å². The molecule has 3 rings (SSSR count). The van der Waals surface area contributed by atoms with Crippen LogP contribution in [0.1, 0.15) is 23.6 Å². The Hall–Kier alpha value is -1.55. The molecule has 0 aliphatic carbocycles. The van der Waals surface area contributed by atoms with E-state index in [1.807, 2.05) is 0 Å². The average molecular weight is 271 g/mol. The van der Waals surface area contributed by atoms with Gasteiger partial charge in [-0.1, -0.05) is 30.8 Å². The molecule has 0 aliphatic rings. The molecule has 0 N–H and O–H groups in total. The summed E-state index contributed by atoms with van der Waals surface area (Å²) in [4.78, 5) is 0. The Morgan fingerprint density at radius 1 is 1.11 bits per heavy atom. The van der Waals surface area contributed by atoms with Gasteiger partial charge in [0.25, 0.3) is 0 Å². The number of hydrogen-bond donors (Lipinski definition) is 0. The maximum Gasteiger partial charge on any atom is 0.196 e. The summed E-state index contributed by atoms with van der Waals surface area (Å²) in [6.45, 7) is 8.56. The number of aromatic nitrogens is 3. The van der Waals surface area contributed by atoms with Crippen molar-refractivity contribution in [1.29, 1.82) is 0 Å². The highest BCUT2D eigenvalue weighted by atomic mass is 32.2. The van der Waals surface area contributed by atoms with E-state index in [0.717, 1.165) is 16.6 Å². The minimum atomic E-state index is 0.970. The Balaban J connectivity index is 2.54. The third kappa shape index (κ3) is 1.82. The SMILES string of the molecule is CCSc1nnc2c(C)cc3ccc(C)c(C)c3n12. The van der Waals surface area contributed by atoms with Crippen LogP contribution >= 0.6 is 11.8 Å². The number of fused-ring (bicyclic) bond motifs is 3. The number of rotatable bonds is 2. The summed E-state index contributed by atoms with van der Waals surface area (Å²) < 4.78 is 2.21. The maximum atomic E-state index is 4.35. The fourth-order valence-corrected chi connectivity index (χ4v) is 3.15. The molecule has 0 saturated carbocycles. The van der Waals surface area contributed by atoms with E-state index in [4.69, 9.17) is 0 Å². The summed E-state index contributed by atoms with van der Waals surface area (Å²) in [6.07, 6.45) is 0. The molecule has 0 saturated heterocycles. The summed E-state index contributed by atoms with van der Waals surface area (Å²) in [5.41, 5.74) is 5.99. The van der Waals surface area contributed by atoms with Crippen LogP contribution in [-0.4, -0.2) is 20.4 Å². The van der Waals surface area contributed by atoms with E-state index >= 15 is 0 Å². The largest absolute Gasteiger partial charge is 0.269 e. The number of aryl methyl sites for hydroxylation is 3. The quantitative estimate of drug-likeness (QED) is 0.662. The first-order valence-corrected chi connectivity index (χ1v) is 7.49. The number of benzene rings is 1. The molecule has 1 aromatic carbocycles. The molecule has 19 heavy (non-hydrogen) atoms. The van der Waals surface area contributed by atoms with Gasteiger partial charge in [0.05, 0.1) is 5.52 Å². The van der Waals surface area contributed by atoms with Gasteiger partial charge in [0, 0.05) is 0 Å². The Labute approximate surface area is 117 Å². The first-order valence-electron chi connectivity index (χ1n) is 6.51. The maximum absolute atomic E-state index is 4.35. The summed E-state index contributed by atoms with van der Waals surface area (Å²) in [5, 5.41) is 10.9. The molecule has 0 aliphatic heterocycles. The molecule has 0 atom stereocenters. The van der Waals surface area contributed by atoms with Crippen molar-refractivity contribution in [3.8, 4) is 0 Å². The summed E-state index contributed by atoms with van der Waals surface area (Å²) in [6, 6.07) is 6.57. The lowest BCUT2D eigenvalue weighted by molar-refractivity contribution is 0.938. The Morgan fingerprint density at radius 2 is 1.89 bits per heavy atom. The van der Waals surface area contributed by atoms with E-state index in [2.05, 4.69) is 60.5 Å². The zero-order valence-electron chi connectivity index (χ0n) is 11.7. The molecule has 0 fully saturated rings. The van der Waals surface area contributed by atoms with Crippen LogP contribution in [0.3, 0.4) is 0 Å². The van der Waals surface area contributed by atoms with E-state index in [0.29, 0.717) is 0 Å². The smallest absolute Gasteiger partial charge is 0.196 e. The number of hydrogen-bond acceptors (Lipinski definition) is 3. The number of thioether (sulfide) groups is 1. The fraction of sp³-hybridized carbons (Fsp3) is 0.333. The number of nitrogens with zero attached hydrogens (tertiary/aromatic N) is 3. The van der Waals surface area contributed by atoms with Gasteiger partial charge in [-0.05, 0) is 54.7 Å². The highest BCUT2D eigenvalue weighted by Crippen LogP contribution is 2.28. The van der Waals surface area contributed by atoms with Gasteiger partial charge in [-0.2, -0.15) is 0 Å². The van der Waals surface area contributed by atoms with Crippen molar-refractivity contribution in [2.45, 2.75) is 32.9 Å². The van der Waals surface area contributed by atoms with Crippen LogP contribution in [0.15, 0.2) is 23.4 Å². The van der Waals surface area contributed by atoms with Crippen LogP contribution in [0.5, 0.6) is 0 Å². The zero-order valence-corrected chi connectivity index (χ0v) is 12.5. The van der Waals surface area contributed by atoms with E-state index in [9.17, 15) is 0 Å².